The Hall–Kier alpha value is -2.14. The SMILES string of the molecule is CCCCc1ccc(C(=O)N2CCS[C@H]2c2cc(OC)cc(OC)c2)cc1. The van der Waals surface area contributed by atoms with Crippen molar-refractivity contribution in [3.05, 3.63) is 59.2 Å². The maximum atomic E-state index is 13.1. The molecular weight excluding hydrogens is 358 g/mol. The van der Waals surface area contributed by atoms with Crippen molar-refractivity contribution < 1.29 is 14.3 Å². The van der Waals surface area contributed by atoms with E-state index < -0.39 is 0 Å². The van der Waals surface area contributed by atoms with E-state index in [-0.39, 0.29) is 11.3 Å². The van der Waals surface area contributed by atoms with E-state index in [9.17, 15) is 4.79 Å². The Morgan fingerprint density at radius 2 is 1.78 bits per heavy atom. The van der Waals surface area contributed by atoms with Crippen molar-refractivity contribution in [2.24, 2.45) is 0 Å². The van der Waals surface area contributed by atoms with E-state index >= 15 is 0 Å². The molecule has 2 aromatic carbocycles. The molecule has 3 rings (SSSR count). The van der Waals surface area contributed by atoms with Crippen LogP contribution in [0.2, 0.25) is 0 Å². The van der Waals surface area contributed by atoms with Crippen molar-refractivity contribution in [2.75, 3.05) is 26.5 Å². The van der Waals surface area contributed by atoms with Crippen molar-refractivity contribution >= 4 is 17.7 Å². The number of aryl methyl sites for hydroxylation is 1. The molecule has 0 spiro atoms. The van der Waals surface area contributed by atoms with E-state index in [1.165, 1.54) is 18.4 Å². The second-order valence-electron chi connectivity index (χ2n) is 6.67. The molecular formula is C22H27NO3S. The Bertz CT molecular complexity index is 753. The molecule has 1 heterocycles. The Morgan fingerprint density at radius 1 is 1.11 bits per heavy atom. The van der Waals surface area contributed by atoms with E-state index in [0.717, 1.165) is 41.3 Å². The average Bonchev–Trinajstić information content (AvgIpc) is 3.21. The molecule has 0 unspecified atom stereocenters. The third-order valence-electron chi connectivity index (χ3n) is 4.83. The molecule has 5 heteroatoms. The van der Waals surface area contributed by atoms with Gasteiger partial charge in [0.2, 0.25) is 0 Å². The molecule has 144 valence electrons. The number of rotatable bonds is 7. The van der Waals surface area contributed by atoms with Crippen molar-refractivity contribution in [3.63, 3.8) is 0 Å². The highest BCUT2D eigenvalue weighted by molar-refractivity contribution is 7.99. The number of amides is 1. The maximum absolute atomic E-state index is 13.1. The number of carbonyl (C=O) groups excluding carboxylic acids is 1. The van der Waals surface area contributed by atoms with Crippen LogP contribution in [0, 0.1) is 0 Å². The van der Waals surface area contributed by atoms with Gasteiger partial charge in [-0.1, -0.05) is 25.5 Å². The van der Waals surface area contributed by atoms with Gasteiger partial charge in [0.25, 0.3) is 5.91 Å². The van der Waals surface area contributed by atoms with Crippen LogP contribution in [0.15, 0.2) is 42.5 Å². The summed E-state index contributed by atoms with van der Waals surface area (Å²) in [4.78, 5) is 15.1. The average molecular weight is 386 g/mol. The minimum atomic E-state index is -0.0266. The summed E-state index contributed by atoms with van der Waals surface area (Å²) in [5.41, 5.74) is 3.07. The zero-order valence-electron chi connectivity index (χ0n) is 16.2. The number of benzene rings is 2. The number of unbranched alkanes of at least 4 members (excludes halogenated alkanes) is 1. The van der Waals surface area contributed by atoms with Gasteiger partial charge in [-0.3, -0.25) is 4.79 Å². The number of ether oxygens (including phenoxy) is 2. The Kier molecular flexibility index (Phi) is 6.67. The fourth-order valence-corrected chi connectivity index (χ4v) is 4.52. The van der Waals surface area contributed by atoms with Crippen LogP contribution in [0.3, 0.4) is 0 Å². The lowest BCUT2D eigenvalue weighted by Gasteiger charge is -2.25. The van der Waals surface area contributed by atoms with Crippen LogP contribution in [0.25, 0.3) is 0 Å². The number of methoxy groups -OCH3 is 2. The van der Waals surface area contributed by atoms with Crippen LogP contribution in [0.5, 0.6) is 11.5 Å². The van der Waals surface area contributed by atoms with E-state index in [4.69, 9.17) is 9.47 Å². The Labute approximate surface area is 165 Å². The number of thioether (sulfide) groups is 1. The lowest BCUT2D eigenvalue weighted by atomic mass is 10.1. The summed E-state index contributed by atoms with van der Waals surface area (Å²) in [6, 6.07) is 13.9. The van der Waals surface area contributed by atoms with Crippen LogP contribution < -0.4 is 9.47 Å². The maximum Gasteiger partial charge on any atom is 0.255 e. The molecule has 0 saturated carbocycles. The van der Waals surface area contributed by atoms with Gasteiger partial charge >= 0.3 is 0 Å². The zero-order chi connectivity index (χ0) is 19.2. The molecule has 1 amide bonds. The van der Waals surface area contributed by atoms with Crippen LogP contribution >= 0.6 is 11.8 Å². The monoisotopic (exact) mass is 385 g/mol. The summed E-state index contributed by atoms with van der Waals surface area (Å²) in [6.07, 6.45) is 3.42. The highest BCUT2D eigenvalue weighted by Gasteiger charge is 2.32. The van der Waals surface area contributed by atoms with Crippen molar-refractivity contribution in [1.82, 2.24) is 4.90 Å². The molecule has 0 N–H and O–H groups in total. The summed E-state index contributed by atoms with van der Waals surface area (Å²) in [5.74, 6) is 2.48. The van der Waals surface area contributed by atoms with Crippen LogP contribution in [0.4, 0.5) is 0 Å². The molecule has 4 nitrogen and oxygen atoms in total. The first-order valence-electron chi connectivity index (χ1n) is 9.40. The fraction of sp³-hybridized carbons (Fsp3) is 0.409. The topological polar surface area (TPSA) is 38.8 Å². The molecule has 0 aromatic heterocycles. The number of hydrogen-bond acceptors (Lipinski definition) is 4. The van der Waals surface area contributed by atoms with Gasteiger partial charge in [0.05, 0.1) is 14.2 Å². The smallest absolute Gasteiger partial charge is 0.255 e. The zero-order valence-corrected chi connectivity index (χ0v) is 17.1. The highest BCUT2D eigenvalue weighted by atomic mass is 32.2. The van der Waals surface area contributed by atoms with E-state index in [1.54, 1.807) is 26.0 Å². The van der Waals surface area contributed by atoms with Crippen molar-refractivity contribution in [1.29, 1.82) is 0 Å². The first kappa shape index (κ1) is 19.6. The van der Waals surface area contributed by atoms with Gasteiger partial charge in [-0.05, 0) is 48.2 Å². The van der Waals surface area contributed by atoms with Gasteiger partial charge in [0.1, 0.15) is 16.9 Å². The van der Waals surface area contributed by atoms with Gasteiger partial charge in [0, 0.05) is 23.9 Å². The number of carbonyl (C=O) groups is 1. The van der Waals surface area contributed by atoms with Gasteiger partial charge in [-0.2, -0.15) is 0 Å². The molecule has 0 aliphatic carbocycles. The van der Waals surface area contributed by atoms with Crippen LogP contribution in [-0.4, -0.2) is 37.3 Å². The second-order valence-corrected chi connectivity index (χ2v) is 7.86. The molecule has 1 atom stereocenters. The van der Waals surface area contributed by atoms with Crippen molar-refractivity contribution in [2.45, 2.75) is 31.6 Å². The largest absolute Gasteiger partial charge is 0.497 e. The predicted octanol–water partition coefficient (Wildman–Crippen LogP) is 4.93. The molecule has 1 fully saturated rings. The number of hydrogen-bond donors (Lipinski definition) is 0. The summed E-state index contributed by atoms with van der Waals surface area (Å²) in [7, 11) is 3.28. The van der Waals surface area contributed by atoms with E-state index in [2.05, 4.69) is 19.1 Å². The summed E-state index contributed by atoms with van der Waals surface area (Å²) in [6.45, 7) is 2.93. The first-order chi connectivity index (χ1) is 13.2. The summed E-state index contributed by atoms with van der Waals surface area (Å²) in [5, 5.41) is -0.0266. The second kappa shape index (κ2) is 9.18. The number of nitrogens with zero attached hydrogens (tertiary/aromatic N) is 1. The van der Waals surface area contributed by atoms with Crippen LogP contribution in [0.1, 0.15) is 46.6 Å². The Morgan fingerprint density at radius 3 is 2.37 bits per heavy atom. The quantitative estimate of drug-likeness (QED) is 0.677. The minimum Gasteiger partial charge on any atom is -0.497 e. The molecule has 1 aliphatic rings. The fourth-order valence-electron chi connectivity index (χ4n) is 3.29. The molecule has 1 aliphatic heterocycles. The molecule has 2 aromatic rings. The van der Waals surface area contributed by atoms with Gasteiger partial charge < -0.3 is 14.4 Å². The summed E-state index contributed by atoms with van der Waals surface area (Å²) < 4.78 is 10.8. The lowest BCUT2D eigenvalue weighted by Crippen LogP contribution is -2.30. The predicted molar refractivity (Wildman–Crippen MR) is 111 cm³/mol. The van der Waals surface area contributed by atoms with E-state index in [0.29, 0.717) is 0 Å². The summed E-state index contributed by atoms with van der Waals surface area (Å²) >= 11 is 1.77. The molecule has 27 heavy (non-hydrogen) atoms. The van der Waals surface area contributed by atoms with E-state index in [1.807, 2.05) is 35.2 Å². The third kappa shape index (κ3) is 4.59. The highest BCUT2D eigenvalue weighted by Crippen LogP contribution is 2.41. The van der Waals surface area contributed by atoms with Crippen LogP contribution in [-0.2, 0) is 6.42 Å². The standard InChI is InChI=1S/C22H27NO3S/c1-4-5-6-16-7-9-17(10-8-16)21(24)23-11-12-27-22(23)18-13-19(25-2)15-20(14-18)26-3/h7-10,13-15,22H,4-6,11-12H2,1-3H3/t22-/m0/s1. The normalized spacial score (nSPS) is 16.4. The Balaban J connectivity index is 1.80. The molecule has 1 saturated heterocycles. The first-order valence-corrected chi connectivity index (χ1v) is 10.5. The van der Waals surface area contributed by atoms with Gasteiger partial charge in [-0.25, -0.2) is 0 Å². The molecule has 0 radical (unpaired) electrons. The van der Waals surface area contributed by atoms with Crippen molar-refractivity contribution in [3.8, 4) is 11.5 Å². The van der Waals surface area contributed by atoms with Gasteiger partial charge in [-0.15, -0.1) is 11.8 Å². The minimum absolute atomic E-state index is 0.0266. The third-order valence-corrected chi connectivity index (χ3v) is 6.09. The lowest BCUT2D eigenvalue weighted by molar-refractivity contribution is 0.0760. The van der Waals surface area contributed by atoms with Gasteiger partial charge in [0.15, 0.2) is 0 Å². The molecule has 0 bridgehead atoms.